The van der Waals surface area contributed by atoms with Crippen molar-refractivity contribution in [3.63, 3.8) is 0 Å². The number of nitrogens with zero attached hydrogens (tertiary/aromatic N) is 6. The molecular weight excluding hydrogens is 929 g/mol. The van der Waals surface area contributed by atoms with Crippen molar-refractivity contribution >= 4 is 87.5 Å². The van der Waals surface area contributed by atoms with Crippen LogP contribution < -0.4 is 30.0 Å². The number of rotatable bonds is 4. The van der Waals surface area contributed by atoms with Crippen LogP contribution in [0, 0.1) is 0 Å². The van der Waals surface area contributed by atoms with Gasteiger partial charge >= 0.3 is 50.5 Å². The number of H-pyrrole nitrogens is 1. The fourth-order valence-corrected chi connectivity index (χ4v) is 6.13. The molecule has 0 spiro atoms. The average molecular weight is 965 g/mol. The van der Waals surface area contributed by atoms with E-state index in [-0.39, 0.29) is 0 Å². The molecule has 0 saturated heterocycles. The standard InChI is InChI=1S/C17H19N5.C17H17N5.I3/c2*1-10(2)22-8-13(15-16(18)20-9-21-17(15)22)11-3-4-14-12(7-11)5-6-19-14;1-3-2/h3-4,7-10,19H,5-6H2,1-2H3,(H2,18,20,21);3-10,19H,1-2H3,(H2,18,20,21);/q;;-1. The number of fused-ring (bicyclic) bond motifs is 4. The van der Waals surface area contributed by atoms with E-state index < -0.39 is 0 Å². The summed E-state index contributed by atoms with van der Waals surface area (Å²) in [5, 5.41) is 6.44. The van der Waals surface area contributed by atoms with Gasteiger partial charge in [-0.15, -0.1) is 0 Å². The predicted octanol–water partition coefficient (Wildman–Crippen LogP) is 5.75. The zero-order valence-corrected chi connectivity index (χ0v) is 32.9. The van der Waals surface area contributed by atoms with Gasteiger partial charge < -0.3 is 30.9 Å². The van der Waals surface area contributed by atoms with Gasteiger partial charge in [0.15, 0.2) is 0 Å². The molecule has 244 valence electrons. The van der Waals surface area contributed by atoms with Gasteiger partial charge in [0.25, 0.3) is 0 Å². The Labute approximate surface area is 303 Å². The Morgan fingerprint density at radius 1 is 0.766 bits per heavy atom. The van der Waals surface area contributed by atoms with Crippen LogP contribution in [0.25, 0.3) is 55.2 Å². The van der Waals surface area contributed by atoms with E-state index in [2.05, 4.69) is 159 Å². The van der Waals surface area contributed by atoms with Crippen LogP contribution in [-0.2, 0) is 6.42 Å². The topological polar surface area (TPSA) is 141 Å². The van der Waals surface area contributed by atoms with Crippen molar-refractivity contribution in [1.82, 2.24) is 34.1 Å². The number of aromatic amines is 1. The zero-order chi connectivity index (χ0) is 33.2. The van der Waals surface area contributed by atoms with Crippen LogP contribution in [0.1, 0.15) is 45.3 Å². The third-order valence-corrected chi connectivity index (χ3v) is 8.38. The third kappa shape index (κ3) is 6.75. The van der Waals surface area contributed by atoms with Crippen LogP contribution in [0.3, 0.4) is 0 Å². The Morgan fingerprint density at radius 3 is 1.89 bits per heavy atom. The molecule has 0 radical (unpaired) electrons. The number of hydrogen-bond acceptors (Lipinski definition) is 7. The van der Waals surface area contributed by atoms with E-state index in [4.69, 9.17) is 11.5 Å². The molecule has 6 N–H and O–H groups in total. The van der Waals surface area contributed by atoms with Crippen LogP contribution in [0.2, 0.25) is 0 Å². The summed E-state index contributed by atoms with van der Waals surface area (Å²) < 4.78 is 4.30. The third-order valence-electron chi connectivity index (χ3n) is 8.38. The second-order valence-corrected chi connectivity index (χ2v) is 28.1. The zero-order valence-electron chi connectivity index (χ0n) is 26.5. The summed E-state index contributed by atoms with van der Waals surface area (Å²) in [6.07, 6.45) is 10.3. The van der Waals surface area contributed by atoms with Crippen molar-refractivity contribution in [3.8, 4) is 22.3 Å². The van der Waals surface area contributed by atoms with Crippen molar-refractivity contribution in [2.75, 3.05) is 23.3 Å². The van der Waals surface area contributed by atoms with Crippen molar-refractivity contribution in [2.45, 2.75) is 46.2 Å². The number of nitrogens with one attached hydrogen (secondary N) is 2. The minimum atomic E-state index is 0.307. The van der Waals surface area contributed by atoms with Gasteiger partial charge in [-0.25, -0.2) is 19.9 Å². The van der Waals surface area contributed by atoms with Crippen LogP contribution in [0.5, 0.6) is 0 Å². The van der Waals surface area contributed by atoms with Crippen LogP contribution in [0.4, 0.5) is 17.3 Å². The number of nitrogens with two attached hydrogens (primary N) is 2. The number of anilines is 3. The molecule has 1 aliphatic heterocycles. The van der Waals surface area contributed by atoms with E-state index in [9.17, 15) is 0 Å². The first-order chi connectivity index (χ1) is 22.7. The monoisotopic (exact) mass is 965 g/mol. The van der Waals surface area contributed by atoms with E-state index >= 15 is 0 Å². The molecule has 1 aliphatic rings. The first kappa shape index (κ1) is 33.7. The first-order valence-electron chi connectivity index (χ1n) is 15.3. The van der Waals surface area contributed by atoms with Crippen molar-refractivity contribution in [2.24, 2.45) is 0 Å². The predicted molar refractivity (Wildman–Crippen MR) is 208 cm³/mol. The Bertz CT molecular complexity index is 2180. The van der Waals surface area contributed by atoms with Crippen LogP contribution in [-0.4, -0.2) is 40.6 Å². The molecule has 47 heavy (non-hydrogen) atoms. The summed E-state index contributed by atoms with van der Waals surface area (Å²) in [6, 6.07) is 15.6. The van der Waals surface area contributed by atoms with Gasteiger partial charge in [0.1, 0.15) is 35.6 Å². The average Bonchev–Trinajstić information content (AvgIpc) is 3.85. The number of hydrogen-bond donors (Lipinski definition) is 4. The van der Waals surface area contributed by atoms with E-state index in [0.717, 1.165) is 57.2 Å². The molecule has 10 nitrogen and oxygen atoms in total. The quantitative estimate of drug-likeness (QED) is 0.165. The Kier molecular flexibility index (Phi) is 10.4. The summed E-state index contributed by atoms with van der Waals surface area (Å²) in [7, 11) is 0. The fraction of sp³-hybridized carbons (Fsp3) is 0.235. The molecule has 0 saturated carbocycles. The van der Waals surface area contributed by atoms with Crippen molar-refractivity contribution in [3.05, 3.63) is 79.3 Å². The number of benzene rings is 2. The van der Waals surface area contributed by atoms with Crippen molar-refractivity contribution in [1.29, 1.82) is 0 Å². The second kappa shape index (κ2) is 14.5. The van der Waals surface area contributed by atoms with E-state index in [0.29, 0.717) is 37.0 Å². The molecule has 6 heterocycles. The van der Waals surface area contributed by atoms with E-state index in [1.807, 2.05) is 6.20 Å². The normalized spacial score (nSPS) is 12.3. The fourth-order valence-electron chi connectivity index (χ4n) is 6.13. The molecule has 0 unspecified atom stereocenters. The SMILES string of the molecule is CC(C)n1cc(-c2ccc3[nH]ccc3c2)c2c(N)ncnc21.CC(C)n1cc(-c2ccc3c(c2)CCN3)c2c(N)ncnc21.I[I-]I. The van der Waals surface area contributed by atoms with Gasteiger partial charge in [-0.2, -0.15) is 0 Å². The molecule has 13 heteroatoms. The van der Waals surface area contributed by atoms with Gasteiger partial charge in [0.05, 0.1) is 10.8 Å². The molecule has 0 atom stereocenters. The molecular formula is C34H36I3N10-. The van der Waals surface area contributed by atoms with Gasteiger partial charge in [0.2, 0.25) is 0 Å². The molecule has 7 aromatic rings. The van der Waals surface area contributed by atoms with E-state index in [1.165, 1.54) is 34.9 Å². The summed E-state index contributed by atoms with van der Waals surface area (Å²) in [5.74, 6) is 1.06. The molecule has 2 aromatic carbocycles. The summed E-state index contributed by atoms with van der Waals surface area (Å²) in [5.41, 5.74) is 22.3. The summed E-state index contributed by atoms with van der Waals surface area (Å²) in [4.78, 5) is 20.4. The molecule has 0 aliphatic carbocycles. The molecule has 0 bridgehead atoms. The Balaban J connectivity index is 0.000000152. The maximum atomic E-state index is 6.14. The molecule has 5 aromatic heterocycles. The van der Waals surface area contributed by atoms with Gasteiger partial charge in [-0.3, -0.25) is 0 Å². The Hall–Kier alpha value is -3.19. The molecule has 0 amide bonds. The van der Waals surface area contributed by atoms with Gasteiger partial charge in [-0.05, 0) is 86.5 Å². The number of halogens is 3. The summed E-state index contributed by atoms with van der Waals surface area (Å²) >= 11 is 5.30. The molecule has 0 fully saturated rings. The van der Waals surface area contributed by atoms with Gasteiger partial charge in [0, 0.05) is 59.5 Å². The maximum absolute atomic E-state index is 6.14. The second-order valence-electron chi connectivity index (χ2n) is 11.9. The van der Waals surface area contributed by atoms with E-state index in [1.54, 1.807) is 0 Å². The number of aromatic nitrogens is 7. The van der Waals surface area contributed by atoms with Gasteiger partial charge in [-0.1, -0.05) is 12.1 Å². The van der Waals surface area contributed by atoms with Crippen molar-refractivity contribution < 1.29 is 13.3 Å². The molecule has 8 rings (SSSR count). The number of nitrogen functional groups attached to an aromatic ring is 2. The van der Waals surface area contributed by atoms with Crippen LogP contribution >= 0.6 is 37.2 Å². The minimum absolute atomic E-state index is 0.307. The first-order valence-corrected chi connectivity index (χ1v) is 27.8. The summed E-state index contributed by atoms with van der Waals surface area (Å²) in [6.45, 7) is 9.58. The van der Waals surface area contributed by atoms with Crippen LogP contribution in [0.15, 0.2) is 73.7 Å². The Morgan fingerprint density at radius 2 is 1.32 bits per heavy atom.